The van der Waals surface area contributed by atoms with Crippen LogP contribution in [0.3, 0.4) is 0 Å². The number of piperidine rings is 1. The van der Waals surface area contributed by atoms with Crippen LogP contribution >= 0.6 is 0 Å². The first kappa shape index (κ1) is 15.7. The summed E-state index contributed by atoms with van der Waals surface area (Å²) in [5.74, 6) is -0.0176. The van der Waals surface area contributed by atoms with Crippen molar-refractivity contribution >= 4 is 10.0 Å². The summed E-state index contributed by atoms with van der Waals surface area (Å²) in [4.78, 5) is 0. The van der Waals surface area contributed by atoms with Gasteiger partial charge in [0.15, 0.2) is 0 Å². The van der Waals surface area contributed by atoms with Crippen LogP contribution in [0.5, 0.6) is 0 Å². The molecule has 108 valence electrons. The van der Waals surface area contributed by atoms with E-state index in [9.17, 15) is 21.6 Å². The topological polar surface area (TPSA) is 58.2 Å². The van der Waals surface area contributed by atoms with Gasteiger partial charge in [-0.2, -0.15) is 13.2 Å². The van der Waals surface area contributed by atoms with Crippen LogP contribution in [0.25, 0.3) is 0 Å². The SMILES string of the molecule is CCS(=O)(=O)NCCC1CCCC(C(F)(F)F)N1. The molecule has 0 aromatic heterocycles. The maximum absolute atomic E-state index is 12.5. The van der Waals surface area contributed by atoms with Gasteiger partial charge in [0.05, 0.1) is 5.75 Å². The predicted octanol–water partition coefficient (Wildman–Crippen LogP) is 1.39. The molecular weight excluding hydrogens is 269 g/mol. The summed E-state index contributed by atoms with van der Waals surface area (Å²) in [5.41, 5.74) is 0. The van der Waals surface area contributed by atoms with E-state index in [-0.39, 0.29) is 24.8 Å². The Morgan fingerprint density at radius 2 is 2.00 bits per heavy atom. The van der Waals surface area contributed by atoms with Crippen molar-refractivity contribution in [3.8, 4) is 0 Å². The van der Waals surface area contributed by atoms with Crippen LogP contribution in [-0.4, -0.2) is 39.0 Å². The Balaban J connectivity index is 2.35. The number of sulfonamides is 1. The lowest BCUT2D eigenvalue weighted by Crippen LogP contribution is -2.51. The molecule has 4 nitrogen and oxygen atoms in total. The standard InChI is InChI=1S/C10H19F3N2O2S/c1-2-18(16,17)14-7-6-8-4-3-5-9(15-8)10(11,12)13/h8-9,14-15H,2-7H2,1H3. The van der Waals surface area contributed by atoms with Gasteiger partial charge in [-0.1, -0.05) is 6.42 Å². The lowest BCUT2D eigenvalue weighted by molar-refractivity contribution is -0.163. The molecule has 0 spiro atoms. The summed E-state index contributed by atoms with van der Waals surface area (Å²) in [7, 11) is -3.26. The summed E-state index contributed by atoms with van der Waals surface area (Å²) in [6.07, 6.45) is -2.57. The van der Waals surface area contributed by atoms with Crippen LogP contribution in [-0.2, 0) is 10.0 Å². The van der Waals surface area contributed by atoms with Crippen LogP contribution in [0.15, 0.2) is 0 Å². The molecule has 1 aliphatic heterocycles. The fraction of sp³-hybridized carbons (Fsp3) is 1.00. The van der Waals surface area contributed by atoms with Crippen molar-refractivity contribution in [3.05, 3.63) is 0 Å². The second-order valence-electron chi connectivity index (χ2n) is 4.48. The molecule has 0 aliphatic carbocycles. The van der Waals surface area contributed by atoms with Gasteiger partial charge in [0.1, 0.15) is 6.04 Å². The van der Waals surface area contributed by atoms with Gasteiger partial charge in [0.2, 0.25) is 10.0 Å². The molecule has 0 saturated carbocycles. The van der Waals surface area contributed by atoms with Gasteiger partial charge in [-0.25, -0.2) is 13.1 Å². The van der Waals surface area contributed by atoms with E-state index >= 15 is 0 Å². The van der Waals surface area contributed by atoms with E-state index in [0.717, 1.165) is 0 Å². The molecule has 0 bridgehead atoms. The molecule has 1 saturated heterocycles. The monoisotopic (exact) mass is 288 g/mol. The van der Waals surface area contributed by atoms with Gasteiger partial charge in [-0.3, -0.25) is 0 Å². The first-order chi connectivity index (χ1) is 8.24. The summed E-state index contributed by atoms with van der Waals surface area (Å²) in [6, 6.07) is -1.73. The highest BCUT2D eigenvalue weighted by Crippen LogP contribution is 2.28. The maximum atomic E-state index is 12.5. The smallest absolute Gasteiger partial charge is 0.303 e. The van der Waals surface area contributed by atoms with Crippen LogP contribution in [0, 0.1) is 0 Å². The summed E-state index contributed by atoms with van der Waals surface area (Å²) >= 11 is 0. The Hall–Kier alpha value is -0.340. The molecule has 0 aromatic rings. The van der Waals surface area contributed by atoms with Crippen molar-refractivity contribution in [1.29, 1.82) is 0 Å². The van der Waals surface area contributed by atoms with Gasteiger partial charge in [0, 0.05) is 12.6 Å². The molecule has 1 fully saturated rings. The van der Waals surface area contributed by atoms with Gasteiger partial charge < -0.3 is 5.32 Å². The fourth-order valence-corrected chi connectivity index (χ4v) is 2.63. The van der Waals surface area contributed by atoms with Crippen molar-refractivity contribution in [2.24, 2.45) is 0 Å². The molecule has 2 atom stereocenters. The van der Waals surface area contributed by atoms with Crippen molar-refractivity contribution in [2.45, 2.75) is 50.9 Å². The lowest BCUT2D eigenvalue weighted by atomic mass is 9.96. The molecule has 0 aromatic carbocycles. The van der Waals surface area contributed by atoms with E-state index in [2.05, 4.69) is 10.0 Å². The quantitative estimate of drug-likeness (QED) is 0.804. The minimum atomic E-state index is -4.22. The molecule has 1 rings (SSSR count). The molecular formula is C10H19F3N2O2S. The van der Waals surface area contributed by atoms with Crippen molar-refractivity contribution in [3.63, 3.8) is 0 Å². The largest absolute Gasteiger partial charge is 0.403 e. The highest BCUT2D eigenvalue weighted by atomic mass is 32.2. The van der Waals surface area contributed by atoms with Gasteiger partial charge in [0.25, 0.3) is 0 Å². The third-order valence-corrected chi connectivity index (χ3v) is 4.48. The average Bonchev–Trinajstić information content (AvgIpc) is 2.28. The Labute approximate surface area is 105 Å². The average molecular weight is 288 g/mol. The van der Waals surface area contributed by atoms with Crippen LogP contribution in [0.1, 0.15) is 32.6 Å². The minimum Gasteiger partial charge on any atom is -0.303 e. The van der Waals surface area contributed by atoms with Crippen molar-refractivity contribution in [2.75, 3.05) is 12.3 Å². The second kappa shape index (κ2) is 6.21. The molecule has 1 heterocycles. The van der Waals surface area contributed by atoms with E-state index in [1.54, 1.807) is 0 Å². The molecule has 2 N–H and O–H groups in total. The predicted molar refractivity (Wildman–Crippen MR) is 62.7 cm³/mol. The number of nitrogens with one attached hydrogen (secondary N) is 2. The minimum absolute atomic E-state index is 0.0176. The van der Waals surface area contributed by atoms with Crippen LogP contribution in [0.2, 0.25) is 0 Å². The molecule has 0 radical (unpaired) electrons. The fourth-order valence-electron chi connectivity index (χ4n) is 2.00. The van der Waals surface area contributed by atoms with Gasteiger partial charge in [-0.15, -0.1) is 0 Å². The zero-order chi connectivity index (χ0) is 13.8. The van der Waals surface area contributed by atoms with Gasteiger partial charge >= 0.3 is 6.18 Å². The molecule has 8 heteroatoms. The Morgan fingerprint density at radius 3 is 2.56 bits per heavy atom. The third kappa shape index (κ3) is 5.11. The Morgan fingerprint density at radius 1 is 1.33 bits per heavy atom. The Bertz CT molecular complexity index is 357. The third-order valence-electron chi connectivity index (χ3n) is 3.07. The summed E-state index contributed by atoms with van der Waals surface area (Å²) in [6.45, 7) is 1.69. The zero-order valence-electron chi connectivity index (χ0n) is 10.3. The Kier molecular flexibility index (Phi) is 5.42. The summed E-state index contributed by atoms with van der Waals surface area (Å²) in [5, 5.41) is 2.54. The zero-order valence-corrected chi connectivity index (χ0v) is 11.1. The first-order valence-electron chi connectivity index (χ1n) is 6.04. The van der Waals surface area contributed by atoms with E-state index in [4.69, 9.17) is 0 Å². The van der Waals surface area contributed by atoms with E-state index in [1.807, 2.05) is 0 Å². The summed E-state index contributed by atoms with van der Waals surface area (Å²) < 4.78 is 62.2. The van der Waals surface area contributed by atoms with E-state index in [0.29, 0.717) is 19.3 Å². The molecule has 18 heavy (non-hydrogen) atoms. The number of halogens is 3. The highest BCUT2D eigenvalue weighted by molar-refractivity contribution is 7.89. The second-order valence-corrected chi connectivity index (χ2v) is 6.57. The highest BCUT2D eigenvalue weighted by Gasteiger charge is 2.41. The van der Waals surface area contributed by atoms with Gasteiger partial charge in [-0.05, 0) is 26.2 Å². The van der Waals surface area contributed by atoms with E-state index < -0.39 is 22.2 Å². The van der Waals surface area contributed by atoms with Crippen LogP contribution < -0.4 is 10.0 Å². The molecule has 2 unspecified atom stereocenters. The van der Waals surface area contributed by atoms with Crippen molar-refractivity contribution < 1.29 is 21.6 Å². The lowest BCUT2D eigenvalue weighted by Gasteiger charge is -2.32. The van der Waals surface area contributed by atoms with Crippen molar-refractivity contribution in [1.82, 2.24) is 10.0 Å². The first-order valence-corrected chi connectivity index (χ1v) is 7.70. The normalized spacial score (nSPS) is 26.2. The number of hydrogen-bond acceptors (Lipinski definition) is 3. The number of rotatable bonds is 5. The van der Waals surface area contributed by atoms with Crippen LogP contribution in [0.4, 0.5) is 13.2 Å². The molecule has 1 aliphatic rings. The molecule has 0 amide bonds. The maximum Gasteiger partial charge on any atom is 0.403 e. The number of alkyl halides is 3. The number of hydrogen-bond donors (Lipinski definition) is 2. The van der Waals surface area contributed by atoms with E-state index in [1.165, 1.54) is 6.92 Å².